The van der Waals surface area contributed by atoms with E-state index < -0.39 is 10.0 Å². The third-order valence-electron chi connectivity index (χ3n) is 4.67. The summed E-state index contributed by atoms with van der Waals surface area (Å²) < 4.78 is 33.0. The van der Waals surface area contributed by atoms with Crippen molar-refractivity contribution in [2.24, 2.45) is 0 Å². The lowest BCUT2D eigenvalue weighted by atomic mass is 10.0. The normalized spacial score (nSPS) is 11.9. The predicted octanol–water partition coefficient (Wildman–Crippen LogP) is 5.51. The monoisotopic (exact) mass is 487 g/mol. The molecule has 2 rings (SSSR count). The van der Waals surface area contributed by atoms with Crippen LogP contribution in [0.1, 0.15) is 36.2 Å². The van der Waals surface area contributed by atoms with Gasteiger partial charge in [-0.2, -0.15) is 0 Å². The molecule has 174 valence electrons. The van der Waals surface area contributed by atoms with Crippen LogP contribution in [0, 0.1) is 0 Å². The van der Waals surface area contributed by atoms with Crippen molar-refractivity contribution >= 4 is 39.1 Å². The van der Waals surface area contributed by atoms with Gasteiger partial charge in [0.1, 0.15) is 0 Å². The first-order chi connectivity index (χ1) is 15.6. The van der Waals surface area contributed by atoms with E-state index in [1.807, 2.05) is 0 Å². The van der Waals surface area contributed by atoms with Gasteiger partial charge in [0.05, 0.1) is 17.7 Å². The van der Waals surface area contributed by atoms with Gasteiger partial charge >= 0.3 is 5.97 Å². The van der Waals surface area contributed by atoms with Crippen LogP contribution in [-0.2, 0) is 26.0 Å². The molecule has 0 aromatic heterocycles. The maximum atomic E-state index is 13.1. The molecule has 1 N–H and O–H groups in total. The lowest BCUT2D eigenvalue weighted by molar-refractivity contribution is -0.140. The third-order valence-corrected chi connectivity index (χ3v) is 6.29. The summed E-state index contributed by atoms with van der Waals surface area (Å²) in [6.07, 6.45) is 5.58. The predicted molar refractivity (Wildman–Crippen MR) is 131 cm³/mol. The van der Waals surface area contributed by atoms with E-state index in [1.54, 1.807) is 44.2 Å². The number of nitrogens with one attached hydrogen (secondary N) is 1. The molecule has 0 unspecified atom stereocenters. The first kappa shape index (κ1) is 26.1. The number of esters is 1. The lowest BCUT2D eigenvalue weighted by Gasteiger charge is -2.13. The fraction of sp³-hybridized carbons (Fsp3) is 0.200. The number of anilines is 1. The van der Waals surface area contributed by atoms with E-state index in [0.717, 1.165) is 11.1 Å². The van der Waals surface area contributed by atoms with Gasteiger partial charge < -0.3 is 4.74 Å². The van der Waals surface area contributed by atoms with Crippen LogP contribution in [0.4, 0.5) is 5.69 Å². The Balaban J connectivity index is 2.32. The number of ether oxygens (including phenoxy) is 1. The Bertz CT molecular complexity index is 1210. The summed E-state index contributed by atoms with van der Waals surface area (Å²) in [4.78, 5) is 24.4. The molecule has 0 spiro atoms. The fourth-order valence-corrected chi connectivity index (χ4v) is 4.12. The number of Topliss-reactive ketones (excluding diaryl/α,β-unsaturated/α-hetero) is 1. The van der Waals surface area contributed by atoms with E-state index in [0.29, 0.717) is 17.0 Å². The zero-order chi connectivity index (χ0) is 24.6. The number of carbonyl (C=O) groups is 2. The molecule has 2 aromatic carbocycles. The van der Waals surface area contributed by atoms with Crippen molar-refractivity contribution in [2.45, 2.75) is 31.6 Å². The molecule has 0 aliphatic carbocycles. The highest BCUT2D eigenvalue weighted by Gasteiger charge is 2.20. The Morgan fingerprint density at radius 2 is 1.79 bits per heavy atom. The molecule has 0 amide bonds. The summed E-state index contributed by atoms with van der Waals surface area (Å²) in [6.45, 7) is 7.29. The molecule has 0 saturated carbocycles. The van der Waals surface area contributed by atoms with E-state index >= 15 is 0 Å². The van der Waals surface area contributed by atoms with Crippen LogP contribution in [0.2, 0.25) is 5.02 Å². The Morgan fingerprint density at radius 3 is 2.36 bits per heavy atom. The Labute approximate surface area is 199 Å². The van der Waals surface area contributed by atoms with E-state index in [4.69, 9.17) is 11.6 Å². The molecule has 2 aromatic rings. The van der Waals surface area contributed by atoms with Crippen molar-refractivity contribution < 1.29 is 22.7 Å². The van der Waals surface area contributed by atoms with Crippen molar-refractivity contribution in [3.63, 3.8) is 0 Å². The molecule has 0 bridgehead atoms. The summed E-state index contributed by atoms with van der Waals surface area (Å²) in [6, 6.07) is 10.5. The summed E-state index contributed by atoms with van der Waals surface area (Å²) in [7, 11) is -2.67. The standard InChI is InChI=1S/C25H26ClNO5S/c1-5-19(10-6-17(2)3)25(29)22-16-20(26)11-14-23(22)27-33(30,31)21-12-7-18(8-13-21)9-15-24(28)32-4/h5-8,10-14,16,27H,2,9,15H2,1,3-4H3/b10-6-,19-5+. The maximum absolute atomic E-state index is 13.1. The number of methoxy groups -OCH3 is 1. The van der Waals surface area contributed by atoms with Crippen molar-refractivity contribution in [3.8, 4) is 0 Å². The number of rotatable bonds is 10. The SMILES string of the molecule is C=C(C)/C=C\C(=C/C)C(=O)c1cc(Cl)ccc1NS(=O)(=O)c1ccc(CCC(=O)OC)cc1. The van der Waals surface area contributed by atoms with E-state index in [1.165, 1.54) is 37.4 Å². The second-order valence-corrected chi connectivity index (χ2v) is 9.39. The third kappa shape index (κ3) is 7.44. The van der Waals surface area contributed by atoms with Gasteiger partial charge in [-0.05, 0) is 56.2 Å². The quantitative estimate of drug-likeness (QED) is 0.206. The van der Waals surface area contributed by atoms with Gasteiger partial charge in [-0.1, -0.05) is 54.1 Å². The van der Waals surface area contributed by atoms with Gasteiger partial charge in [0.2, 0.25) is 0 Å². The lowest BCUT2D eigenvalue weighted by Crippen LogP contribution is -2.16. The molecule has 0 heterocycles. The number of sulfonamides is 1. The van der Waals surface area contributed by atoms with E-state index in [-0.39, 0.29) is 34.3 Å². The number of hydrogen-bond acceptors (Lipinski definition) is 5. The maximum Gasteiger partial charge on any atom is 0.305 e. The van der Waals surface area contributed by atoms with Gasteiger partial charge in [0, 0.05) is 22.6 Å². The van der Waals surface area contributed by atoms with Crippen LogP contribution in [0.15, 0.2) is 83.3 Å². The highest BCUT2D eigenvalue weighted by molar-refractivity contribution is 7.92. The minimum atomic E-state index is -3.98. The number of allylic oxidation sites excluding steroid dienone is 5. The van der Waals surface area contributed by atoms with Gasteiger partial charge in [0.15, 0.2) is 5.78 Å². The largest absolute Gasteiger partial charge is 0.469 e. The summed E-state index contributed by atoms with van der Waals surface area (Å²) >= 11 is 6.09. The number of halogens is 1. The van der Waals surface area contributed by atoms with Crippen LogP contribution < -0.4 is 4.72 Å². The molecule has 0 aliphatic rings. The second-order valence-electron chi connectivity index (χ2n) is 7.27. The van der Waals surface area contributed by atoms with Crippen LogP contribution in [-0.4, -0.2) is 27.3 Å². The zero-order valence-electron chi connectivity index (χ0n) is 18.7. The summed E-state index contributed by atoms with van der Waals surface area (Å²) in [5, 5.41) is 0.301. The Hall–Kier alpha value is -3.16. The molecule has 0 radical (unpaired) electrons. The molecule has 0 saturated heterocycles. The summed E-state index contributed by atoms with van der Waals surface area (Å²) in [5.41, 5.74) is 2.17. The van der Waals surface area contributed by atoms with Gasteiger partial charge in [0.25, 0.3) is 10.0 Å². The van der Waals surface area contributed by atoms with Crippen LogP contribution in [0.25, 0.3) is 0 Å². The number of benzene rings is 2. The number of aryl methyl sites for hydroxylation is 1. The van der Waals surface area contributed by atoms with E-state index in [9.17, 15) is 18.0 Å². The average Bonchev–Trinajstić information content (AvgIpc) is 2.78. The molecular formula is C25H26ClNO5S. The van der Waals surface area contributed by atoms with Crippen molar-refractivity contribution in [3.05, 3.63) is 94.6 Å². The van der Waals surface area contributed by atoms with Gasteiger partial charge in [-0.15, -0.1) is 0 Å². The van der Waals surface area contributed by atoms with Crippen molar-refractivity contribution in [1.29, 1.82) is 0 Å². The van der Waals surface area contributed by atoms with Crippen LogP contribution >= 0.6 is 11.6 Å². The molecule has 8 heteroatoms. The second kappa shape index (κ2) is 11.6. The Kier molecular flexibility index (Phi) is 9.20. The van der Waals surface area contributed by atoms with Crippen molar-refractivity contribution in [1.82, 2.24) is 0 Å². The molecular weight excluding hydrogens is 462 g/mol. The zero-order valence-corrected chi connectivity index (χ0v) is 20.3. The smallest absolute Gasteiger partial charge is 0.305 e. The minimum Gasteiger partial charge on any atom is -0.469 e. The molecule has 0 fully saturated rings. The number of hydrogen-bond donors (Lipinski definition) is 1. The first-order valence-electron chi connectivity index (χ1n) is 10.1. The van der Waals surface area contributed by atoms with Crippen molar-refractivity contribution in [2.75, 3.05) is 11.8 Å². The highest BCUT2D eigenvalue weighted by atomic mass is 35.5. The first-order valence-corrected chi connectivity index (χ1v) is 12.0. The van der Waals surface area contributed by atoms with Crippen LogP contribution in [0.3, 0.4) is 0 Å². The average molecular weight is 488 g/mol. The molecule has 0 aliphatic heterocycles. The molecule has 33 heavy (non-hydrogen) atoms. The number of carbonyl (C=O) groups excluding carboxylic acids is 2. The van der Waals surface area contributed by atoms with Gasteiger partial charge in [-0.3, -0.25) is 14.3 Å². The topological polar surface area (TPSA) is 89.5 Å². The fourth-order valence-electron chi connectivity index (χ4n) is 2.87. The van der Waals surface area contributed by atoms with Crippen LogP contribution in [0.5, 0.6) is 0 Å². The van der Waals surface area contributed by atoms with E-state index in [2.05, 4.69) is 16.0 Å². The number of ketones is 1. The molecule has 6 nitrogen and oxygen atoms in total. The highest BCUT2D eigenvalue weighted by Crippen LogP contribution is 2.27. The minimum absolute atomic E-state index is 0.0195. The van der Waals surface area contributed by atoms with Gasteiger partial charge in [-0.25, -0.2) is 8.42 Å². The Morgan fingerprint density at radius 1 is 1.12 bits per heavy atom. The molecule has 0 atom stereocenters. The summed E-state index contributed by atoms with van der Waals surface area (Å²) in [5.74, 6) is -0.722.